The van der Waals surface area contributed by atoms with Gasteiger partial charge in [0.1, 0.15) is 5.75 Å². The maximum Gasteiger partial charge on any atom is 0.251 e. The van der Waals surface area contributed by atoms with Gasteiger partial charge in [0.15, 0.2) is 0 Å². The highest BCUT2D eigenvalue weighted by Gasteiger charge is 2.30. The standard InChI is InChI=1S/C14H19NO4/c1-10-8-11(2-3-12(10)16)13(17)15-9-14(18)4-6-19-7-5-14/h2-3,8,16,18H,4-7,9H2,1H3,(H,15,17). The quantitative estimate of drug-likeness (QED) is 0.761. The molecule has 3 N–H and O–H groups in total. The summed E-state index contributed by atoms with van der Waals surface area (Å²) in [6, 6.07) is 4.68. The van der Waals surface area contributed by atoms with Crippen molar-refractivity contribution in [3.63, 3.8) is 0 Å². The molecular formula is C14H19NO4. The zero-order valence-corrected chi connectivity index (χ0v) is 11.0. The smallest absolute Gasteiger partial charge is 0.251 e. The number of hydrogen-bond donors (Lipinski definition) is 3. The lowest BCUT2D eigenvalue weighted by Gasteiger charge is -2.32. The number of aliphatic hydroxyl groups is 1. The van der Waals surface area contributed by atoms with Crippen molar-refractivity contribution < 1.29 is 19.7 Å². The number of aryl methyl sites for hydroxylation is 1. The predicted molar refractivity (Wildman–Crippen MR) is 70.2 cm³/mol. The average molecular weight is 265 g/mol. The molecule has 0 spiro atoms. The van der Waals surface area contributed by atoms with Gasteiger partial charge in [0.25, 0.3) is 5.91 Å². The van der Waals surface area contributed by atoms with Crippen LogP contribution in [0.25, 0.3) is 0 Å². The molecule has 1 aliphatic rings. The molecule has 0 atom stereocenters. The molecule has 2 rings (SSSR count). The molecule has 19 heavy (non-hydrogen) atoms. The Labute approximate surface area is 112 Å². The summed E-state index contributed by atoms with van der Waals surface area (Å²) in [5.41, 5.74) is 0.253. The minimum atomic E-state index is -0.875. The monoisotopic (exact) mass is 265 g/mol. The molecule has 104 valence electrons. The van der Waals surface area contributed by atoms with Gasteiger partial charge >= 0.3 is 0 Å². The predicted octanol–water partition coefficient (Wildman–Crippen LogP) is 0.972. The van der Waals surface area contributed by atoms with Crippen LogP contribution in [0, 0.1) is 6.92 Å². The van der Waals surface area contributed by atoms with Crippen LogP contribution < -0.4 is 5.32 Å². The lowest BCUT2D eigenvalue weighted by Crippen LogP contribution is -2.46. The van der Waals surface area contributed by atoms with Crippen molar-refractivity contribution in [3.05, 3.63) is 29.3 Å². The Kier molecular flexibility index (Phi) is 4.07. The second-order valence-electron chi connectivity index (χ2n) is 5.02. The molecule has 0 aromatic heterocycles. The Hall–Kier alpha value is -1.59. The van der Waals surface area contributed by atoms with Crippen molar-refractivity contribution in [1.82, 2.24) is 5.32 Å². The van der Waals surface area contributed by atoms with E-state index >= 15 is 0 Å². The van der Waals surface area contributed by atoms with Gasteiger partial charge in [0.2, 0.25) is 0 Å². The van der Waals surface area contributed by atoms with Crippen LogP contribution >= 0.6 is 0 Å². The van der Waals surface area contributed by atoms with E-state index in [2.05, 4.69) is 5.32 Å². The van der Waals surface area contributed by atoms with Gasteiger partial charge in [0, 0.05) is 38.2 Å². The topological polar surface area (TPSA) is 78.8 Å². The summed E-state index contributed by atoms with van der Waals surface area (Å²) >= 11 is 0. The summed E-state index contributed by atoms with van der Waals surface area (Å²) < 4.78 is 5.18. The van der Waals surface area contributed by atoms with Crippen molar-refractivity contribution in [2.75, 3.05) is 19.8 Å². The molecule has 0 bridgehead atoms. The van der Waals surface area contributed by atoms with Crippen LogP contribution in [0.5, 0.6) is 5.75 Å². The number of ether oxygens (including phenoxy) is 1. The molecule has 5 heteroatoms. The first-order chi connectivity index (χ1) is 9.00. The van der Waals surface area contributed by atoms with Crippen molar-refractivity contribution in [2.24, 2.45) is 0 Å². The highest BCUT2D eigenvalue weighted by atomic mass is 16.5. The zero-order chi connectivity index (χ0) is 13.9. The number of benzene rings is 1. The van der Waals surface area contributed by atoms with Gasteiger partial charge in [-0.3, -0.25) is 4.79 Å². The molecule has 1 heterocycles. The van der Waals surface area contributed by atoms with Crippen LogP contribution in [0.15, 0.2) is 18.2 Å². The SMILES string of the molecule is Cc1cc(C(=O)NCC2(O)CCOCC2)ccc1O. The van der Waals surface area contributed by atoms with E-state index in [0.717, 1.165) is 0 Å². The van der Waals surface area contributed by atoms with Gasteiger partial charge in [0.05, 0.1) is 5.60 Å². The lowest BCUT2D eigenvalue weighted by molar-refractivity contribution is -0.0605. The summed E-state index contributed by atoms with van der Waals surface area (Å²) in [6.45, 7) is 2.99. The Balaban J connectivity index is 1.95. The van der Waals surface area contributed by atoms with Gasteiger partial charge < -0.3 is 20.3 Å². The number of phenols is 1. The molecule has 0 unspecified atom stereocenters. The molecule has 1 aromatic carbocycles. The third-order valence-electron chi connectivity index (χ3n) is 3.46. The second-order valence-corrected chi connectivity index (χ2v) is 5.02. The maximum absolute atomic E-state index is 12.0. The fraction of sp³-hybridized carbons (Fsp3) is 0.500. The van der Waals surface area contributed by atoms with E-state index in [0.29, 0.717) is 37.2 Å². The molecule has 1 aromatic rings. The molecule has 0 saturated carbocycles. The average Bonchev–Trinajstić information content (AvgIpc) is 2.40. The van der Waals surface area contributed by atoms with Gasteiger partial charge in [-0.25, -0.2) is 0 Å². The van der Waals surface area contributed by atoms with Crippen molar-refractivity contribution >= 4 is 5.91 Å². The number of rotatable bonds is 3. The molecule has 1 fully saturated rings. The Bertz CT molecular complexity index is 467. The van der Waals surface area contributed by atoms with E-state index in [-0.39, 0.29) is 18.2 Å². The fourth-order valence-corrected chi connectivity index (χ4v) is 2.07. The summed E-state index contributed by atoms with van der Waals surface area (Å²) in [7, 11) is 0. The molecular weight excluding hydrogens is 246 g/mol. The Morgan fingerprint density at radius 2 is 2.11 bits per heavy atom. The van der Waals surface area contributed by atoms with Gasteiger partial charge in [-0.05, 0) is 30.7 Å². The summed E-state index contributed by atoms with van der Waals surface area (Å²) in [5.74, 6) is -0.0809. The van der Waals surface area contributed by atoms with Gasteiger partial charge in [-0.1, -0.05) is 0 Å². The van der Waals surface area contributed by atoms with E-state index in [1.165, 1.54) is 6.07 Å². The fourth-order valence-electron chi connectivity index (χ4n) is 2.07. The minimum Gasteiger partial charge on any atom is -0.508 e. The highest BCUT2D eigenvalue weighted by molar-refractivity contribution is 5.94. The van der Waals surface area contributed by atoms with E-state index in [4.69, 9.17) is 4.74 Å². The Morgan fingerprint density at radius 3 is 2.74 bits per heavy atom. The molecule has 0 radical (unpaired) electrons. The normalized spacial score (nSPS) is 18.0. The summed E-state index contributed by atoms with van der Waals surface area (Å²) in [5, 5.41) is 22.4. The first-order valence-electron chi connectivity index (χ1n) is 6.38. The number of carbonyl (C=O) groups excluding carboxylic acids is 1. The van der Waals surface area contributed by atoms with Crippen molar-refractivity contribution in [1.29, 1.82) is 0 Å². The maximum atomic E-state index is 12.0. The highest BCUT2D eigenvalue weighted by Crippen LogP contribution is 2.20. The van der Waals surface area contributed by atoms with Crippen LogP contribution in [0.2, 0.25) is 0 Å². The van der Waals surface area contributed by atoms with Crippen LogP contribution in [0.4, 0.5) is 0 Å². The zero-order valence-electron chi connectivity index (χ0n) is 11.0. The molecule has 5 nitrogen and oxygen atoms in total. The largest absolute Gasteiger partial charge is 0.508 e. The molecule has 0 aliphatic carbocycles. The van der Waals surface area contributed by atoms with Gasteiger partial charge in [-0.2, -0.15) is 0 Å². The second kappa shape index (κ2) is 5.59. The number of aromatic hydroxyl groups is 1. The summed E-state index contributed by atoms with van der Waals surface area (Å²) in [4.78, 5) is 12.0. The Morgan fingerprint density at radius 1 is 1.42 bits per heavy atom. The van der Waals surface area contributed by atoms with E-state index in [1.807, 2.05) is 0 Å². The number of phenolic OH excluding ortho intramolecular Hbond substituents is 1. The third kappa shape index (κ3) is 3.45. The first kappa shape index (κ1) is 13.8. The molecule has 1 amide bonds. The summed E-state index contributed by atoms with van der Waals surface area (Å²) in [6.07, 6.45) is 1.06. The van der Waals surface area contributed by atoms with Crippen LogP contribution in [-0.4, -0.2) is 41.5 Å². The van der Waals surface area contributed by atoms with Crippen LogP contribution in [0.3, 0.4) is 0 Å². The van der Waals surface area contributed by atoms with Crippen molar-refractivity contribution in [3.8, 4) is 5.75 Å². The van der Waals surface area contributed by atoms with E-state index in [1.54, 1.807) is 19.1 Å². The molecule has 1 saturated heterocycles. The number of hydrogen-bond acceptors (Lipinski definition) is 4. The minimum absolute atomic E-state index is 0.166. The van der Waals surface area contributed by atoms with E-state index in [9.17, 15) is 15.0 Å². The van der Waals surface area contributed by atoms with E-state index < -0.39 is 5.60 Å². The van der Waals surface area contributed by atoms with Crippen molar-refractivity contribution in [2.45, 2.75) is 25.4 Å². The first-order valence-corrected chi connectivity index (χ1v) is 6.38. The third-order valence-corrected chi connectivity index (χ3v) is 3.46. The number of amides is 1. The lowest BCUT2D eigenvalue weighted by atomic mass is 9.94. The number of carbonyl (C=O) groups is 1. The number of nitrogens with one attached hydrogen (secondary N) is 1. The molecule has 1 aliphatic heterocycles. The van der Waals surface area contributed by atoms with Crippen LogP contribution in [0.1, 0.15) is 28.8 Å². The van der Waals surface area contributed by atoms with Crippen LogP contribution in [-0.2, 0) is 4.74 Å². The van der Waals surface area contributed by atoms with Gasteiger partial charge in [-0.15, -0.1) is 0 Å².